The summed E-state index contributed by atoms with van der Waals surface area (Å²) in [7, 11) is -3.16. The first-order valence-corrected chi connectivity index (χ1v) is 10.2. The Balaban J connectivity index is 1.68. The summed E-state index contributed by atoms with van der Waals surface area (Å²) in [5, 5.41) is 16.5. The van der Waals surface area contributed by atoms with Gasteiger partial charge in [-0.15, -0.1) is 0 Å². The number of hydrogen-bond donors (Lipinski definition) is 1. The average molecular weight is 390 g/mol. The van der Waals surface area contributed by atoms with E-state index in [9.17, 15) is 18.0 Å². The molecule has 1 aromatic rings. The molecule has 1 unspecified atom stereocenters. The molecule has 27 heavy (non-hydrogen) atoms. The molecule has 0 saturated carbocycles. The van der Waals surface area contributed by atoms with E-state index < -0.39 is 21.8 Å². The lowest BCUT2D eigenvalue weighted by Gasteiger charge is -2.27. The van der Waals surface area contributed by atoms with Gasteiger partial charge < -0.3 is 10.1 Å². The van der Waals surface area contributed by atoms with Crippen molar-refractivity contribution in [2.45, 2.75) is 25.3 Å². The van der Waals surface area contributed by atoms with Crippen LogP contribution in [0.1, 0.15) is 19.3 Å². The van der Waals surface area contributed by atoms with Crippen molar-refractivity contribution in [1.29, 1.82) is 5.26 Å². The second-order valence-corrected chi connectivity index (χ2v) is 8.50. The zero-order chi connectivity index (χ0) is 19.4. The summed E-state index contributed by atoms with van der Waals surface area (Å²) in [4.78, 5) is 24.5. The van der Waals surface area contributed by atoms with Crippen molar-refractivity contribution in [3.8, 4) is 11.8 Å². The number of hydrogen-bond acceptors (Lipinski definition) is 7. The van der Waals surface area contributed by atoms with Gasteiger partial charge in [0.1, 0.15) is 17.5 Å². The Morgan fingerprint density at radius 3 is 2.70 bits per heavy atom. The second kappa shape index (κ2) is 7.75. The fourth-order valence-electron chi connectivity index (χ4n) is 2.94. The number of carbonyl (C=O) groups is 2. The first-order valence-electron chi connectivity index (χ1n) is 8.39. The zero-order valence-corrected chi connectivity index (χ0v) is 15.2. The van der Waals surface area contributed by atoms with E-state index in [1.54, 1.807) is 24.3 Å². The Bertz CT molecular complexity index is 918. The molecule has 9 nitrogen and oxygen atoms in total. The van der Waals surface area contributed by atoms with Crippen molar-refractivity contribution in [2.75, 3.05) is 23.4 Å². The molecule has 1 saturated heterocycles. The summed E-state index contributed by atoms with van der Waals surface area (Å²) in [6, 6.07) is 7.84. The maximum Gasteiger partial charge on any atom is 0.271 e. The predicted octanol–water partition coefficient (Wildman–Crippen LogP) is 0.693. The zero-order valence-electron chi connectivity index (χ0n) is 14.4. The third kappa shape index (κ3) is 4.62. The first kappa shape index (κ1) is 18.8. The molecule has 3 rings (SSSR count). The van der Waals surface area contributed by atoms with Gasteiger partial charge in [-0.3, -0.25) is 9.59 Å². The minimum absolute atomic E-state index is 0.0265. The van der Waals surface area contributed by atoms with Crippen LogP contribution in [-0.2, 0) is 19.4 Å². The number of carbonyl (C=O) groups excluding carboxylic acids is 2. The third-order valence-electron chi connectivity index (χ3n) is 4.29. The highest BCUT2D eigenvalue weighted by molar-refractivity contribution is 7.91. The van der Waals surface area contributed by atoms with Gasteiger partial charge in [0.2, 0.25) is 5.91 Å². The Hall–Kier alpha value is -2.93. The Kier molecular flexibility index (Phi) is 5.41. The summed E-state index contributed by atoms with van der Waals surface area (Å²) in [5.41, 5.74) is 0.697. The molecule has 2 amide bonds. The van der Waals surface area contributed by atoms with Crippen LogP contribution >= 0.6 is 0 Å². The molecule has 1 atom stereocenters. The van der Waals surface area contributed by atoms with Crippen molar-refractivity contribution in [1.82, 2.24) is 5.01 Å². The number of amides is 2. The molecule has 0 spiro atoms. The average Bonchev–Trinajstić information content (AvgIpc) is 3.01. The molecule has 2 heterocycles. The van der Waals surface area contributed by atoms with Gasteiger partial charge in [0.25, 0.3) is 5.91 Å². The van der Waals surface area contributed by atoms with Gasteiger partial charge in [0.15, 0.2) is 16.4 Å². The lowest BCUT2D eigenvalue weighted by Crippen LogP contribution is -2.42. The second-order valence-electron chi connectivity index (χ2n) is 6.27. The van der Waals surface area contributed by atoms with Crippen LogP contribution < -0.4 is 10.1 Å². The summed E-state index contributed by atoms with van der Waals surface area (Å²) in [6.07, 6.45) is 0.643. The van der Waals surface area contributed by atoms with E-state index in [4.69, 9.17) is 10.00 Å². The highest BCUT2D eigenvalue weighted by atomic mass is 32.2. The number of rotatable bonds is 5. The maximum absolute atomic E-state index is 12.4. The van der Waals surface area contributed by atoms with Gasteiger partial charge in [-0.25, -0.2) is 13.4 Å². The van der Waals surface area contributed by atoms with Crippen LogP contribution in [0.3, 0.4) is 0 Å². The molecule has 10 heteroatoms. The van der Waals surface area contributed by atoms with Crippen LogP contribution in [-0.4, -0.2) is 55.1 Å². The van der Waals surface area contributed by atoms with Gasteiger partial charge >= 0.3 is 0 Å². The van der Waals surface area contributed by atoms with Crippen molar-refractivity contribution >= 4 is 33.1 Å². The van der Waals surface area contributed by atoms with Crippen LogP contribution in [0, 0.1) is 11.3 Å². The highest BCUT2D eigenvalue weighted by Gasteiger charge is 2.37. The number of nitrogens with zero attached hydrogens (tertiary/aromatic N) is 3. The van der Waals surface area contributed by atoms with Gasteiger partial charge in [-0.1, -0.05) is 0 Å². The van der Waals surface area contributed by atoms with Crippen molar-refractivity contribution in [2.24, 2.45) is 5.10 Å². The SMILES string of the molecule is N#CCOc1ccc(NC(=O)C2=NN(C3CCS(=O)(=O)C3)C(=O)CC2)cc1. The van der Waals surface area contributed by atoms with Crippen LogP contribution in [0.2, 0.25) is 0 Å². The molecule has 1 fully saturated rings. The molecule has 0 bridgehead atoms. The quantitative estimate of drug-likeness (QED) is 0.788. The fraction of sp³-hybridized carbons (Fsp3) is 0.412. The van der Waals surface area contributed by atoms with Gasteiger partial charge in [0.05, 0.1) is 17.5 Å². The summed E-state index contributed by atoms with van der Waals surface area (Å²) < 4.78 is 28.4. The third-order valence-corrected chi connectivity index (χ3v) is 6.04. The monoisotopic (exact) mass is 390 g/mol. The smallest absolute Gasteiger partial charge is 0.271 e. The van der Waals surface area contributed by atoms with E-state index in [1.165, 1.54) is 0 Å². The molecule has 0 aliphatic carbocycles. The molecule has 2 aliphatic heterocycles. The number of ether oxygens (including phenoxy) is 1. The molecule has 1 aromatic carbocycles. The number of hydrazone groups is 1. The molecule has 0 aromatic heterocycles. The van der Waals surface area contributed by atoms with Crippen LogP contribution in [0.25, 0.3) is 0 Å². The Morgan fingerprint density at radius 1 is 1.33 bits per heavy atom. The number of nitrogens with one attached hydrogen (secondary N) is 1. The molecule has 142 valence electrons. The molecular weight excluding hydrogens is 372 g/mol. The van der Waals surface area contributed by atoms with Gasteiger partial charge in [-0.05, 0) is 30.7 Å². The molecule has 2 aliphatic rings. The normalized spacial score (nSPS) is 21.3. The van der Waals surface area contributed by atoms with Crippen LogP contribution in [0.4, 0.5) is 5.69 Å². The standard InChI is InChI=1S/C17H18N4O5S/c18-8-9-26-14-3-1-12(2-4-14)19-17(23)15-5-6-16(22)21(20-15)13-7-10-27(24,25)11-13/h1-4,13H,5-7,9-11H2,(H,19,23). The number of benzene rings is 1. The van der Waals surface area contributed by atoms with Gasteiger partial charge in [-0.2, -0.15) is 10.4 Å². The van der Waals surface area contributed by atoms with E-state index in [2.05, 4.69) is 10.4 Å². The van der Waals surface area contributed by atoms with E-state index in [0.29, 0.717) is 17.9 Å². The minimum Gasteiger partial charge on any atom is -0.479 e. The van der Waals surface area contributed by atoms with Crippen molar-refractivity contribution in [3.63, 3.8) is 0 Å². The van der Waals surface area contributed by atoms with Crippen molar-refractivity contribution < 1.29 is 22.7 Å². The topological polar surface area (TPSA) is 129 Å². The van der Waals surface area contributed by atoms with E-state index >= 15 is 0 Å². The van der Waals surface area contributed by atoms with Crippen LogP contribution in [0.5, 0.6) is 5.75 Å². The lowest BCUT2D eigenvalue weighted by molar-refractivity contribution is -0.133. The van der Waals surface area contributed by atoms with E-state index in [-0.39, 0.29) is 42.6 Å². The Labute approximate surface area is 156 Å². The maximum atomic E-state index is 12.4. The highest BCUT2D eigenvalue weighted by Crippen LogP contribution is 2.23. The lowest BCUT2D eigenvalue weighted by atomic mass is 10.1. The van der Waals surface area contributed by atoms with Gasteiger partial charge in [0, 0.05) is 18.5 Å². The van der Waals surface area contributed by atoms with Crippen LogP contribution in [0.15, 0.2) is 29.4 Å². The molecule has 0 radical (unpaired) electrons. The summed E-state index contributed by atoms with van der Waals surface area (Å²) in [6.45, 7) is -0.0662. The number of nitriles is 1. The predicted molar refractivity (Wildman–Crippen MR) is 96.8 cm³/mol. The molecule has 1 N–H and O–H groups in total. The first-order chi connectivity index (χ1) is 12.9. The Morgan fingerprint density at radius 2 is 2.07 bits per heavy atom. The van der Waals surface area contributed by atoms with Crippen molar-refractivity contribution in [3.05, 3.63) is 24.3 Å². The summed E-state index contributed by atoms with van der Waals surface area (Å²) in [5.74, 6) is -0.310. The fourth-order valence-corrected chi connectivity index (χ4v) is 4.63. The van der Waals surface area contributed by atoms with E-state index in [1.807, 2.05) is 6.07 Å². The minimum atomic E-state index is -3.16. The number of anilines is 1. The summed E-state index contributed by atoms with van der Waals surface area (Å²) >= 11 is 0. The number of sulfone groups is 1. The van der Waals surface area contributed by atoms with E-state index in [0.717, 1.165) is 5.01 Å². The molecular formula is C17H18N4O5S. The largest absolute Gasteiger partial charge is 0.479 e.